The van der Waals surface area contributed by atoms with Gasteiger partial charge in [-0.05, 0) is 31.5 Å². The Balaban J connectivity index is 0.00000139. The number of Topliss-reactive ketones (excluding diaryl/α,β-unsaturated/α-hetero) is 1. The molecule has 24 heavy (non-hydrogen) atoms. The van der Waals surface area contributed by atoms with Gasteiger partial charge in [0.1, 0.15) is 0 Å². The van der Waals surface area contributed by atoms with Crippen LogP contribution in [0.15, 0.2) is 23.0 Å². The fraction of sp³-hybridized carbons (Fsp3) is 0.600. The van der Waals surface area contributed by atoms with Crippen molar-refractivity contribution >= 4 is 16.8 Å². The zero-order valence-corrected chi connectivity index (χ0v) is 15.7. The molecule has 134 valence electrons. The lowest BCUT2D eigenvalue weighted by molar-refractivity contribution is 0.101. The Labute approximate surface area is 145 Å². The zero-order chi connectivity index (χ0) is 17.9. The van der Waals surface area contributed by atoms with Crippen molar-refractivity contribution in [1.82, 2.24) is 9.55 Å². The number of carbonyl (C=O) groups excluding carboxylic acids is 1. The minimum absolute atomic E-state index is 0.0163. The molecular weight excluding hydrogens is 300 g/mol. The Morgan fingerprint density at radius 1 is 1.04 bits per heavy atom. The van der Waals surface area contributed by atoms with Crippen LogP contribution in [0.1, 0.15) is 83.0 Å². The van der Waals surface area contributed by atoms with Gasteiger partial charge in [0.05, 0.1) is 11.0 Å². The van der Waals surface area contributed by atoms with Gasteiger partial charge in [0, 0.05) is 12.1 Å². The highest BCUT2D eigenvalue weighted by Crippen LogP contribution is 2.15. The number of fused-ring (bicyclic) bond motifs is 1. The van der Waals surface area contributed by atoms with Crippen molar-refractivity contribution in [2.45, 2.75) is 79.2 Å². The van der Waals surface area contributed by atoms with Crippen LogP contribution in [0, 0.1) is 0 Å². The van der Waals surface area contributed by atoms with Crippen molar-refractivity contribution in [2.75, 3.05) is 0 Å². The third kappa shape index (κ3) is 5.66. The minimum Gasteiger partial charge on any atom is -0.306 e. The van der Waals surface area contributed by atoms with Crippen LogP contribution in [-0.4, -0.2) is 15.3 Å². The van der Waals surface area contributed by atoms with Crippen LogP contribution in [0.3, 0.4) is 0 Å². The SMILES string of the molecule is CC.CCCCCCCCCn1c(=O)[nH]c2cc(C(C)=O)ccc21. The summed E-state index contributed by atoms with van der Waals surface area (Å²) in [6, 6.07) is 5.42. The quantitative estimate of drug-likeness (QED) is 0.500. The van der Waals surface area contributed by atoms with Gasteiger partial charge in [-0.25, -0.2) is 4.79 Å². The molecule has 0 aliphatic rings. The van der Waals surface area contributed by atoms with E-state index < -0.39 is 0 Å². The van der Waals surface area contributed by atoms with Gasteiger partial charge in [-0.15, -0.1) is 0 Å². The maximum atomic E-state index is 12.0. The van der Waals surface area contributed by atoms with Crippen molar-refractivity contribution < 1.29 is 4.79 Å². The van der Waals surface area contributed by atoms with E-state index in [1.54, 1.807) is 16.7 Å². The Morgan fingerprint density at radius 2 is 1.67 bits per heavy atom. The Bertz CT molecular complexity index is 682. The highest BCUT2D eigenvalue weighted by molar-refractivity contribution is 5.97. The van der Waals surface area contributed by atoms with Gasteiger partial charge in [0.2, 0.25) is 0 Å². The van der Waals surface area contributed by atoms with Crippen LogP contribution in [0.25, 0.3) is 11.0 Å². The summed E-state index contributed by atoms with van der Waals surface area (Å²) in [7, 11) is 0. The van der Waals surface area contributed by atoms with Gasteiger partial charge in [-0.3, -0.25) is 9.36 Å². The predicted octanol–water partition coefficient (Wildman–Crippen LogP) is 5.31. The van der Waals surface area contributed by atoms with E-state index in [1.807, 2.05) is 19.9 Å². The van der Waals surface area contributed by atoms with E-state index in [4.69, 9.17) is 0 Å². The summed E-state index contributed by atoms with van der Waals surface area (Å²) in [5.41, 5.74) is 2.19. The Hall–Kier alpha value is -1.84. The summed E-state index contributed by atoms with van der Waals surface area (Å²) in [5, 5.41) is 0. The number of hydrogen-bond acceptors (Lipinski definition) is 2. The number of rotatable bonds is 9. The number of nitrogens with zero attached hydrogens (tertiary/aromatic N) is 1. The molecule has 2 aromatic rings. The molecule has 1 N–H and O–H groups in total. The first kappa shape index (κ1) is 20.2. The zero-order valence-electron chi connectivity index (χ0n) is 15.7. The molecule has 0 saturated carbocycles. The fourth-order valence-electron chi connectivity index (χ4n) is 2.83. The number of H-pyrrole nitrogens is 1. The van der Waals surface area contributed by atoms with E-state index in [-0.39, 0.29) is 11.5 Å². The number of benzene rings is 1. The van der Waals surface area contributed by atoms with Crippen molar-refractivity contribution in [3.63, 3.8) is 0 Å². The molecule has 1 aromatic heterocycles. The Kier molecular flexibility index (Phi) is 9.13. The van der Waals surface area contributed by atoms with Crippen LogP contribution in [-0.2, 0) is 6.54 Å². The second-order valence-corrected chi connectivity index (χ2v) is 5.99. The lowest BCUT2D eigenvalue weighted by Crippen LogP contribution is -2.16. The normalized spacial score (nSPS) is 10.5. The predicted molar refractivity (Wildman–Crippen MR) is 102 cm³/mol. The Morgan fingerprint density at radius 3 is 2.29 bits per heavy atom. The molecule has 0 unspecified atom stereocenters. The molecule has 1 aromatic carbocycles. The number of nitrogens with one attached hydrogen (secondary N) is 1. The second-order valence-electron chi connectivity index (χ2n) is 5.99. The summed E-state index contributed by atoms with van der Waals surface area (Å²) in [5.74, 6) is 0.0163. The standard InChI is InChI=1S/C18H26N2O2.C2H6/c1-3-4-5-6-7-8-9-12-20-17-11-10-15(14(2)21)13-16(17)19-18(20)22;1-2/h10-11,13H,3-9,12H2,1-2H3,(H,19,22);1-2H3. The van der Waals surface area contributed by atoms with Crippen LogP contribution in [0.4, 0.5) is 0 Å². The minimum atomic E-state index is -0.0818. The lowest BCUT2D eigenvalue weighted by atomic mass is 10.1. The summed E-state index contributed by atoms with van der Waals surface area (Å²) in [6.45, 7) is 8.50. The number of unbranched alkanes of at least 4 members (excludes halogenated alkanes) is 6. The number of imidazole rings is 1. The number of hydrogen-bond donors (Lipinski definition) is 1. The van der Waals surface area contributed by atoms with Crippen molar-refractivity contribution in [3.8, 4) is 0 Å². The first-order chi connectivity index (χ1) is 11.6. The molecule has 0 aliphatic heterocycles. The highest BCUT2D eigenvalue weighted by Gasteiger charge is 2.08. The van der Waals surface area contributed by atoms with Gasteiger partial charge in [0.15, 0.2) is 5.78 Å². The second kappa shape index (κ2) is 10.8. The molecule has 2 rings (SSSR count). The molecular formula is C20H32N2O2. The molecule has 1 heterocycles. The third-order valence-corrected chi connectivity index (χ3v) is 4.17. The van der Waals surface area contributed by atoms with Crippen molar-refractivity contribution in [1.29, 1.82) is 0 Å². The van der Waals surface area contributed by atoms with Crippen LogP contribution in [0.2, 0.25) is 0 Å². The lowest BCUT2D eigenvalue weighted by Gasteiger charge is -2.04. The number of aromatic nitrogens is 2. The summed E-state index contributed by atoms with van der Waals surface area (Å²) in [4.78, 5) is 26.3. The largest absolute Gasteiger partial charge is 0.326 e. The van der Waals surface area contributed by atoms with E-state index >= 15 is 0 Å². The molecule has 0 bridgehead atoms. The highest BCUT2D eigenvalue weighted by atomic mass is 16.1. The topological polar surface area (TPSA) is 54.9 Å². The molecule has 0 atom stereocenters. The maximum absolute atomic E-state index is 12.0. The maximum Gasteiger partial charge on any atom is 0.326 e. The van der Waals surface area contributed by atoms with Crippen molar-refractivity contribution in [2.24, 2.45) is 0 Å². The van der Waals surface area contributed by atoms with Crippen molar-refractivity contribution in [3.05, 3.63) is 34.2 Å². The van der Waals surface area contributed by atoms with Crippen LogP contribution < -0.4 is 5.69 Å². The van der Waals surface area contributed by atoms with Gasteiger partial charge >= 0.3 is 5.69 Å². The average molecular weight is 332 g/mol. The first-order valence-corrected chi connectivity index (χ1v) is 9.37. The molecule has 0 radical (unpaired) electrons. The number of aromatic amines is 1. The monoisotopic (exact) mass is 332 g/mol. The summed E-state index contributed by atoms with van der Waals surface area (Å²) < 4.78 is 1.78. The van der Waals surface area contributed by atoms with Crippen LogP contribution in [0.5, 0.6) is 0 Å². The molecule has 0 saturated heterocycles. The van der Waals surface area contributed by atoms with Gasteiger partial charge in [-0.1, -0.05) is 59.3 Å². The fourth-order valence-corrected chi connectivity index (χ4v) is 2.83. The number of aryl methyl sites for hydroxylation is 1. The smallest absolute Gasteiger partial charge is 0.306 e. The molecule has 0 aliphatic carbocycles. The molecule has 4 heteroatoms. The molecule has 0 fully saturated rings. The van der Waals surface area contributed by atoms with Gasteiger partial charge < -0.3 is 4.98 Å². The number of ketones is 1. The van der Waals surface area contributed by atoms with Gasteiger partial charge in [0.25, 0.3) is 0 Å². The van der Waals surface area contributed by atoms with Crippen LogP contribution >= 0.6 is 0 Å². The van der Waals surface area contributed by atoms with Gasteiger partial charge in [-0.2, -0.15) is 0 Å². The summed E-state index contributed by atoms with van der Waals surface area (Å²) >= 11 is 0. The van der Waals surface area contributed by atoms with E-state index in [1.165, 1.54) is 39.0 Å². The van der Waals surface area contributed by atoms with E-state index in [2.05, 4.69) is 11.9 Å². The molecule has 0 amide bonds. The van der Waals surface area contributed by atoms with E-state index in [0.717, 1.165) is 30.4 Å². The summed E-state index contributed by atoms with van der Waals surface area (Å²) in [6.07, 6.45) is 8.62. The average Bonchev–Trinajstić information content (AvgIpc) is 2.90. The number of carbonyl (C=O) groups is 1. The molecule has 4 nitrogen and oxygen atoms in total. The first-order valence-electron chi connectivity index (χ1n) is 9.37. The van der Waals surface area contributed by atoms with E-state index in [9.17, 15) is 9.59 Å². The third-order valence-electron chi connectivity index (χ3n) is 4.17. The molecule has 0 spiro atoms. The van der Waals surface area contributed by atoms with E-state index in [0.29, 0.717) is 5.56 Å².